The minimum absolute atomic E-state index is 0.0472. The van der Waals surface area contributed by atoms with E-state index in [1.807, 2.05) is 29.2 Å². The maximum Gasteiger partial charge on any atom is 0.223 e. The summed E-state index contributed by atoms with van der Waals surface area (Å²) in [4.78, 5) is 14.9. The van der Waals surface area contributed by atoms with Crippen LogP contribution in [0.1, 0.15) is 57.9 Å². The normalized spacial score (nSPS) is 11.2. The van der Waals surface area contributed by atoms with Gasteiger partial charge in [-0.25, -0.2) is 4.39 Å². The monoisotopic (exact) mass is 486 g/mol. The SMILES string of the molecule is CCCCCCCCN(C(C)=O)c1c(-c2ccc(F)cc2)n(Cc2ccccc2)c2ccc(O)cc12. The third kappa shape index (κ3) is 5.78. The van der Waals surface area contributed by atoms with Crippen LogP contribution in [0.2, 0.25) is 0 Å². The molecule has 4 nitrogen and oxygen atoms in total. The molecule has 0 radical (unpaired) electrons. The molecule has 1 N–H and O–H groups in total. The number of rotatable bonds is 11. The number of hydrogen-bond donors (Lipinski definition) is 1. The van der Waals surface area contributed by atoms with Crippen LogP contribution in [-0.2, 0) is 11.3 Å². The minimum atomic E-state index is -0.306. The van der Waals surface area contributed by atoms with Gasteiger partial charge >= 0.3 is 0 Å². The van der Waals surface area contributed by atoms with Gasteiger partial charge in [-0.05, 0) is 54.4 Å². The Balaban J connectivity index is 1.86. The smallest absolute Gasteiger partial charge is 0.223 e. The van der Waals surface area contributed by atoms with Gasteiger partial charge in [0.05, 0.1) is 16.9 Å². The Bertz CT molecular complexity index is 1300. The molecule has 0 aliphatic heterocycles. The summed E-state index contributed by atoms with van der Waals surface area (Å²) in [7, 11) is 0. The van der Waals surface area contributed by atoms with Crippen LogP contribution in [0.5, 0.6) is 5.75 Å². The van der Waals surface area contributed by atoms with Crippen molar-refractivity contribution in [3.63, 3.8) is 0 Å². The fourth-order valence-electron chi connectivity index (χ4n) is 4.91. The van der Waals surface area contributed by atoms with Gasteiger partial charge in [0, 0.05) is 31.0 Å². The van der Waals surface area contributed by atoms with E-state index in [9.17, 15) is 14.3 Å². The first-order valence-corrected chi connectivity index (χ1v) is 12.9. The van der Waals surface area contributed by atoms with Crippen LogP contribution < -0.4 is 4.90 Å². The maximum absolute atomic E-state index is 13.9. The summed E-state index contributed by atoms with van der Waals surface area (Å²) in [5, 5.41) is 11.2. The quantitative estimate of drug-likeness (QED) is 0.219. The summed E-state index contributed by atoms with van der Waals surface area (Å²) in [6.45, 7) is 4.97. The van der Waals surface area contributed by atoms with E-state index in [1.165, 1.54) is 31.4 Å². The van der Waals surface area contributed by atoms with Crippen LogP contribution in [0, 0.1) is 5.82 Å². The van der Waals surface area contributed by atoms with Crippen LogP contribution in [0.15, 0.2) is 72.8 Å². The molecular weight excluding hydrogens is 451 g/mol. The highest BCUT2D eigenvalue weighted by atomic mass is 19.1. The lowest BCUT2D eigenvalue weighted by molar-refractivity contribution is -0.116. The van der Waals surface area contributed by atoms with Crippen molar-refractivity contribution in [3.8, 4) is 17.0 Å². The Morgan fingerprint density at radius 1 is 0.917 bits per heavy atom. The number of halogens is 1. The summed E-state index contributed by atoms with van der Waals surface area (Å²) < 4.78 is 16.1. The van der Waals surface area contributed by atoms with E-state index in [4.69, 9.17) is 0 Å². The molecular formula is C31H35FN2O2. The van der Waals surface area contributed by atoms with Gasteiger partial charge in [-0.1, -0.05) is 69.4 Å². The average Bonchev–Trinajstić information content (AvgIpc) is 3.17. The average molecular weight is 487 g/mol. The highest BCUT2D eigenvalue weighted by molar-refractivity contribution is 6.09. The fraction of sp³-hybridized carbons (Fsp3) is 0.323. The summed E-state index contributed by atoms with van der Waals surface area (Å²) in [5.74, 6) is -0.206. The van der Waals surface area contributed by atoms with Crippen LogP contribution in [0.25, 0.3) is 22.2 Å². The first-order chi connectivity index (χ1) is 17.5. The largest absolute Gasteiger partial charge is 0.508 e. The van der Waals surface area contributed by atoms with Crippen molar-refractivity contribution in [2.75, 3.05) is 11.4 Å². The summed E-state index contributed by atoms with van der Waals surface area (Å²) >= 11 is 0. The van der Waals surface area contributed by atoms with Gasteiger partial charge in [-0.2, -0.15) is 0 Å². The number of unbranched alkanes of at least 4 members (excludes halogenated alkanes) is 5. The molecule has 0 aliphatic rings. The molecule has 4 aromatic rings. The molecule has 5 heteroatoms. The summed E-state index contributed by atoms with van der Waals surface area (Å²) in [5.41, 5.74) is 4.47. The van der Waals surface area contributed by atoms with Gasteiger partial charge in [0.15, 0.2) is 0 Å². The molecule has 0 unspecified atom stereocenters. The van der Waals surface area contributed by atoms with Gasteiger partial charge in [0.25, 0.3) is 0 Å². The number of phenols is 1. The molecule has 0 saturated heterocycles. The first kappa shape index (κ1) is 25.5. The van der Waals surface area contributed by atoms with E-state index in [0.717, 1.165) is 52.7 Å². The lowest BCUT2D eigenvalue weighted by Crippen LogP contribution is -2.30. The van der Waals surface area contributed by atoms with Gasteiger partial charge in [-0.15, -0.1) is 0 Å². The van der Waals surface area contributed by atoms with E-state index in [1.54, 1.807) is 31.2 Å². The molecule has 0 atom stereocenters. The Hall–Kier alpha value is -3.60. The standard InChI is InChI=1S/C31H35FN2O2/c1-3-4-5-6-7-11-20-33(23(2)35)31-28-21-27(36)18-19-29(28)34(22-24-12-9-8-10-13-24)30(31)25-14-16-26(32)17-15-25/h8-10,12-19,21,36H,3-7,11,20,22H2,1-2H3. The zero-order valence-corrected chi connectivity index (χ0v) is 21.2. The topological polar surface area (TPSA) is 45.5 Å². The zero-order valence-electron chi connectivity index (χ0n) is 21.2. The van der Waals surface area contributed by atoms with Gasteiger partial charge in [0.2, 0.25) is 5.91 Å². The number of amides is 1. The number of nitrogens with zero attached hydrogens (tertiary/aromatic N) is 2. The molecule has 4 rings (SSSR count). The van der Waals surface area contributed by atoms with Crippen LogP contribution in [-0.4, -0.2) is 22.1 Å². The Kier molecular flexibility index (Phi) is 8.42. The van der Waals surface area contributed by atoms with Gasteiger partial charge < -0.3 is 14.6 Å². The van der Waals surface area contributed by atoms with Gasteiger partial charge in [0.1, 0.15) is 11.6 Å². The second-order valence-corrected chi connectivity index (χ2v) is 9.42. The van der Waals surface area contributed by atoms with E-state index < -0.39 is 0 Å². The Morgan fingerprint density at radius 3 is 2.31 bits per heavy atom. The molecule has 188 valence electrons. The minimum Gasteiger partial charge on any atom is -0.508 e. The number of hydrogen-bond acceptors (Lipinski definition) is 2. The molecule has 0 saturated carbocycles. The molecule has 1 heterocycles. The van der Waals surface area contributed by atoms with Crippen LogP contribution >= 0.6 is 0 Å². The summed E-state index contributed by atoms with van der Waals surface area (Å²) in [6.07, 6.45) is 6.75. The Morgan fingerprint density at radius 2 is 1.61 bits per heavy atom. The lowest BCUT2D eigenvalue weighted by atomic mass is 10.1. The third-order valence-corrected chi connectivity index (χ3v) is 6.71. The van der Waals surface area contributed by atoms with Crippen LogP contribution in [0.3, 0.4) is 0 Å². The van der Waals surface area contributed by atoms with Crippen molar-refractivity contribution in [1.82, 2.24) is 4.57 Å². The number of carbonyl (C=O) groups is 1. The van der Waals surface area contributed by atoms with Crippen molar-refractivity contribution in [1.29, 1.82) is 0 Å². The second-order valence-electron chi connectivity index (χ2n) is 9.42. The number of carbonyl (C=O) groups excluding carboxylic acids is 1. The maximum atomic E-state index is 13.9. The van der Waals surface area contributed by atoms with Crippen molar-refractivity contribution in [2.24, 2.45) is 0 Å². The number of phenolic OH excluding ortho intramolecular Hbond substituents is 1. The van der Waals surface area contributed by atoms with Crippen LogP contribution in [0.4, 0.5) is 10.1 Å². The molecule has 0 fully saturated rings. The zero-order chi connectivity index (χ0) is 25.5. The Labute approximate surface area is 213 Å². The van der Waals surface area contributed by atoms with E-state index in [0.29, 0.717) is 13.1 Å². The molecule has 1 amide bonds. The molecule has 3 aromatic carbocycles. The van der Waals surface area contributed by atoms with Crippen molar-refractivity contribution < 1.29 is 14.3 Å². The predicted octanol–water partition coefficient (Wildman–Crippen LogP) is 7.91. The number of benzene rings is 3. The van der Waals surface area contributed by atoms with E-state index in [-0.39, 0.29) is 17.5 Å². The predicted molar refractivity (Wildman–Crippen MR) is 146 cm³/mol. The van der Waals surface area contributed by atoms with E-state index >= 15 is 0 Å². The number of fused-ring (bicyclic) bond motifs is 1. The highest BCUT2D eigenvalue weighted by Crippen LogP contribution is 2.42. The molecule has 36 heavy (non-hydrogen) atoms. The number of aromatic nitrogens is 1. The first-order valence-electron chi connectivity index (χ1n) is 12.9. The van der Waals surface area contributed by atoms with Crippen molar-refractivity contribution >= 4 is 22.5 Å². The highest BCUT2D eigenvalue weighted by Gasteiger charge is 2.26. The van der Waals surface area contributed by atoms with Crippen molar-refractivity contribution in [3.05, 3.63) is 84.2 Å². The number of aromatic hydroxyl groups is 1. The van der Waals surface area contributed by atoms with E-state index in [2.05, 4.69) is 23.6 Å². The fourth-order valence-corrected chi connectivity index (χ4v) is 4.91. The van der Waals surface area contributed by atoms with Crippen molar-refractivity contribution in [2.45, 2.75) is 58.9 Å². The lowest BCUT2D eigenvalue weighted by Gasteiger charge is -2.23. The molecule has 0 bridgehead atoms. The summed E-state index contributed by atoms with van der Waals surface area (Å²) in [6, 6.07) is 21.9. The third-order valence-electron chi connectivity index (χ3n) is 6.71. The molecule has 0 aliphatic carbocycles. The number of anilines is 1. The molecule has 0 spiro atoms. The molecule has 1 aromatic heterocycles. The van der Waals surface area contributed by atoms with Gasteiger partial charge in [-0.3, -0.25) is 4.79 Å². The second kappa shape index (κ2) is 11.9.